The van der Waals surface area contributed by atoms with Crippen molar-refractivity contribution in [2.75, 3.05) is 13.2 Å². The molecule has 1 saturated carbocycles. The van der Waals surface area contributed by atoms with Crippen LogP contribution in [-0.2, 0) is 15.8 Å². The maximum absolute atomic E-state index is 13.7. The Bertz CT molecular complexity index is 1730. The molecular weight excluding hydrogens is 555 g/mol. The number of ether oxygens (including phenoxy) is 2. The molecule has 11 heteroatoms. The predicted molar refractivity (Wildman–Crippen MR) is 154 cm³/mol. The molecule has 1 aliphatic carbocycles. The van der Waals surface area contributed by atoms with Crippen LogP contribution in [0.5, 0.6) is 11.5 Å². The first-order valence-corrected chi connectivity index (χ1v) is 13.9. The smallest absolute Gasteiger partial charge is 0.251 e. The zero-order valence-corrected chi connectivity index (χ0v) is 23.9. The number of nitrogens with zero attached hydrogens (tertiary/aromatic N) is 2. The average Bonchev–Trinajstić information content (AvgIpc) is 3.59. The number of nitrogens with one attached hydrogen (secondary N) is 1. The first-order valence-electron chi connectivity index (χ1n) is 13.9. The van der Waals surface area contributed by atoms with Crippen molar-refractivity contribution in [3.63, 3.8) is 0 Å². The fourth-order valence-electron chi connectivity index (χ4n) is 4.99. The topological polar surface area (TPSA) is 150 Å². The van der Waals surface area contributed by atoms with Crippen molar-refractivity contribution in [2.45, 2.75) is 50.7 Å². The van der Waals surface area contributed by atoms with Crippen LogP contribution in [0.1, 0.15) is 54.0 Å². The number of benzene rings is 2. The van der Waals surface area contributed by atoms with Gasteiger partial charge in [0.25, 0.3) is 5.91 Å². The molecule has 0 saturated heterocycles. The van der Waals surface area contributed by atoms with Crippen LogP contribution in [0.3, 0.4) is 0 Å². The van der Waals surface area contributed by atoms with Crippen molar-refractivity contribution in [2.24, 2.45) is 5.73 Å². The summed E-state index contributed by atoms with van der Waals surface area (Å²) in [6.07, 6.45) is 3.31. The number of carbonyl (C=O) groups is 2. The minimum Gasteiger partial charge on any atom is -0.490 e. The van der Waals surface area contributed by atoms with Gasteiger partial charge in [0.1, 0.15) is 40.6 Å². The minimum atomic E-state index is -1.68. The van der Waals surface area contributed by atoms with Gasteiger partial charge in [-0.25, -0.2) is 14.4 Å². The van der Waals surface area contributed by atoms with E-state index in [4.69, 9.17) is 19.6 Å². The van der Waals surface area contributed by atoms with Crippen LogP contribution in [0.25, 0.3) is 22.6 Å². The highest BCUT2D eigenvalue weighted by molar-refractivity contribution is 5.95. The molecule has 0 radical (unpaired) electrons. The Kier molecular flexibility index (Phi) is 6.92. The summed E-state index contributed by atoms with van der Waals surface area (Å²) in [5, 5.41) is 14.4. The van der Waals surface area contributed by atoms with E-state index in [1.54, 1.807) is 31.2 Å². The molecule has 2 aromatic heterocycles. The molecule has 3 heterocycles. The Morgan fingerprint density at radius 3 is 2.60 bits per heavy atom. The third kappa shape index (κ3) is 5.32. The number of primary amides is 1. The average molecular weight is 587 g/mol. The second-order valence-electron chi connectivity index (χ2n) is 11.5. The second kappa shape index (κ2) is 10.5. The van der Waals surface area contributed by atoms with Gasteiger partial charge >= 0.3 is 0 Å². The maximum atomic E-state index is 13.7. The highest BCUT2D eigenvalue weighted by Crippen LogP contribution is 2.45. The fourth-order valence-corrected chi connectivity index (χ4v) is 4.99. The third-order valence-electron chi connectivity index (χ3n) is 7.93. The summed E-state index contributed by atoms with van der Waals surface area (Å²) in [6.45, 7) is 4.77. The lowest BCUT2D eigenvalue weighted by molar-refractivity contribution is -0.123. The van der Waals surface area contributed by atoms with Gasteiger partial charge in [0, 0.05) is 16.7 Å². The van der Waals surface area contributed by atoms with Crippen LogP contribution >= 0.6 is 0 Å². The number of oxazole rings is 1. The number of rotatable bonds is 9. The number of carbonyl (C=O) groups excluding carboxylic acids is 2. The van der Waals surface area contributed by atoms with Gasteiger partial charge in [0.15, 0.2) is 12.2 Å². The molecule has 6 rings (SSSR count). The molecule has 0 bridgehead atoms. The highest BCUT2D eigenvalue weighted by atomic mass is 19.1. The van der Waals surface area contributed by atoms with E-state index in [1.807, 2.05) is 6.92 Å². The van der Waals surface area contributed by atoms with Gasteiger partial charge in [-0.3, -0.25) is 9.59 Å². The minimum absolute atomic E-state index is 0.00920. The van der Waals surface area contributed by atoms with Gasteiger partial charge in [-0.2, -0.15) is 0 Å². The second-order valence-corrected chi connectivity index (χ2v) is 11.5. The van der Waals surface area contributed by atoms with Crippen molar-refractivity contribution in [1.29, 1.82) is 0 Å². The number of aryl methyl sites for hydroxylation is 1. The largest absolute Gasteiger partial charge is 0.490 e. The Balaban J connectivity index is 1.29. The Morgan fingerprint density at radius 1 is 1.21 bits per heavy atom. The Hall–Kier alpha value is -4.77. The Morgan fingerprint density at radius 2 is 1.95 bits per heavy atom. The zero-order valence-electron chi connectivity index (χ0n) is 23.9. The molecule has 0 spiro atoms. The van der Waals surface area contributed by atoms with Gasteiger partial charge in [-0.05, 0) is 82.1 Å². The van der Waals surface area contributed by atoms with Crippen LogP contribution in [0.15, 0.2) is 59.3 Å². The lowest BCUT2D eigenvalue weighted by Crippen LogP contribution is -2.41. The van der Waals surface area contributed by atoms with Crippen molar-refractivity contribution in [3.8, 4) is 34.1 Å². The summed E-state index contributed by atoms with van der Waals surface area (Å²) in [5.41, 5.74) is 6.10. The van der Waals surface area contributed by atoms with Crippen molar-refractivity contribution in [3.05, 3.63) is 83.3 Å². The van der Waals surface area contributed by atoms with E-state index in [9.17, 15) is 19.1 Å². The van der Waals surface area contributed by atoms with E-state index in [0.717, 1.165) is 12.8 Å². The van der Waals surface area contributed by atoms with E-state index in [1.165, 1.54) is 37.6 Å². The summed E-state index contributed by atoms with van der Waals surface area (Å²) in [6, 6.07) is 12.3. The first-order chi connectivity index (χ1) is 20.5. The van der Waals surface area contributed by atoms with Crippen LogP contribution in [0.2, 0.25) is 0 Å². The standard InChI is InChI=1S/C32H31FN4O6/c1-17-27(42-16-36-17)22-11-6-19(12-24(22)43-21-9-10-21)29(38)35-14-32(3,40)25-13-23-28(41-15-31(23,2)30(34)39)26(37-25)18-4-7-20(33)8-5-18/h4-8,11-13,16,21,40H,9-10,14-15H2,1-3H3,(H2,34,39)(H,35,38)/t31-,32-/m0/s1. The van der Waals surface area contributed by atoms with Gasteiger partial charge in [-0.1, -0.05) is 0 Å². The van der Waals surface area contributed by atoms with Gasteiger partial charge < -0.3 is 30.0 Å². The van der Waals surface area contributed by atoms with E-state index in [2.05, 4.69) is 15.3 Å². The van der Waals surface area contributed by atoms with E-state index in [0.29, 0.717) is 50.9 Å². The number of fused-ring (bicyclic) bond motifs is 1. The quantitative estimate of drug-likeness (QED) is 0.265. The molecule has 222 valence electrons. The highest BCUT2D eigenvalue weighted by Gasteiger charge is 2.45. The first kappa shape index (κ1) is 28.4. The van der Waals surface area contributed by atoms with Crippen molar-refractivity contribution in [1.82, 2.24) is 15.3 Å². The molecular formula is C32H31FN4O6. The summed E-state index contributed by atoms with van der Waals surface area (Å²) in [5.74, 6) is -0.0546. The van der Waals surface area contributed by atoms with Crippen LogP contribution in [-0.4, -0.2) is 46.1 Å². The molecule has 2 aliphatic rings. The van der Waals surface area contributed by atoms with E-state index >= 15 is 0 Å². The molecule has 10 nitrogen and oxygen atoms in total. The molecule has 1 aliphatic heterocycles. The molecule has 2 atom stereocenters. The summed E-state index contributed by atoms with van der Waals surface area (Å²) in [4.78, 5) is 34.6. The molecule has 2 aromatic carbocycles. The van der Waals surface area contributed by atoms with Crippen molar-refractivity contribution < 1.29 is 33.0 Å². The number of pyridine rings is 1. The monoisotopic (exact) mass is 586 g/mol. The number of halogens is 1. The molecule has 0 unspecified atom stereocenters. The third-order valence-corrected chi connectivity index (χ3v) is 7.93. The van der Waals surface area contributed by atoms with Gasteiger partial charge in [-0.15, -0.1) is 0 Å². The van der Waals surface area contributed by atoms with E-state index < -0.39 is 28.6 Å². The number of aromatic nitrogens is 2. The molecule has 4 N–H and O–H groups in total. The molecule has 43 heavy (non-hydrogen) atoms. The van der Waals surface area contributed by atoms with Crippen LogP contribution in [0, 0.1) is 12.7 Å². The Labute approximate surface area is 247 Å². The van der Waals surface area contributed by atoms with E-state index in [-0.39, 0.29) is 24.9 Å². The predicted octanol–water partition coefficient (Wildman–Crippen LogP) is 4.17. The van der Waals surface area contributed by atoms with Gasteiger partial charge in [0.2, 0.25) is 5.91 Å². The fraction of sp³-hybridized carbons (Fsp3) is 0.312. The SMILES string of the molecule is Cc1ncoc1-c1ccc(C(=O)NC[C@](C)(O)c2cc3c(c(-c4ccc(F)cc4)n2)OC[C@]3(C)C(N)=O)cc1OC1CC1. The number of hydrogen-bond donors (Lipinski definition) is 3. The number of hydrogen-bond acceptors (Lipinski definition) is 8. The summed E-state index contributed by atoms with van der Waals surface area (Å²) < 4.78 is 31.2. The zero-order chi connectivity index (χ0) is 30.5. The van der Waals surface area contributed by atoms with Crippen LogP contribution < -0.4 is 20.5 Å². The maximum Gasteiger partial charge on any atom is 0.251 e. The normalized spacial score (nSPS) is 18.8. The summed E-state index contributed by atoms with van der Waals surface area (Å²) >= 11 is 0. The van der Waals surface area contributed by atoms with Crippen LogP contribution in [0.4, 0.5) is 4.39 Å². The summed E-state index contributed by atoms with van der Waals surface area (Å²) in [7, 11) is 0. The number of aliphatic hydroxyl groups is 1. The molecule has 1 fully saturated rings. The number of amides is 2. The lowest BCUT2D eigenvalue weighted by Gasteiger charge is -2.26. The molecule has 2 amide bonds. The van der Waals surface area contributed by atoms with Crippen molar-refractivity contribution >= 4 is 11.8 Å². The van der Waals surface area contributed by atoms with Gasteiger partial charge in [0.05, 0.1) is 29.6 Å². The number of nitrogens with two attached hydrogens (primary N) is 1. The molecule has 4 aromatic rings. The lowest BCUT2D eigenvalue weighted by atomic mass is 9.82.